The number of aromatic nitrogens is 2. The summed E-state index contributed by atoms with van der Waals surface area (Å²) in [7, 11) is -3.16. The number of fused-ring (bicyclic) bond motifs is 1. The standard InChI is InChI=1S/C33H40FN3O4Si/c1-23-29(17-16-24-12-9-13-26(20-24)37-33(40)27-14-7-8-15-28(27)35-37)41-30(32(23)42(2,3)34)21-31(39)36(18-19-38)22-25-10-5-4-6-11-25/h4-15,20,23,29-30,32,35,38H,16-19,21-22H2,1-3H3/t23-,29+,30-,32+/m1/s1. The van der Waals surface area contributed by atoms with Crippen molar-refractivity contribution >= 4 is 25.2 Å². The molecule has 1 aliphatic rings. The molecule has 9 heteroatoms. The van der Waals surface area contributed by atoms with E-state index < -0.39 is 14.5 Å². The highest BCUT2D eigenvalue weighted by Gasteiger charge is 2.51. The number of ether oxygens (including phenoxy) is 1. The van der Waals surface area contributed by atoms with E-state index in [4.69, 9.17) is 4.74 Å². The number of benzene rings is 3. The fourth-order valence-corrected chi connectivity index (χ4v) is 9.04. The van der Waals surface area contributed by atoms with Crippen molar-refractivity contribution in [3.8, 4) is 5.69 Å². The number of nitrogens with one attached hydrogen (secondary N) is 1. The van der Waals surface area contributed by atoms with E-state index in [1.807, 2.05) is 85.8 Å². The zero-order valence-corrected chi connectivity index (χ0v) is 25.5. The number of halogens is 1. The first-order valence-electron chi connectivity index (χ1n) is 14.7. The molecule has 7 nitrogen and oxygen atoms in total. The number of aliphatic hydroxyl groups is 1. The number of hydrogen-bond donors (Lipinski definition) is 2. The van der Waals surface area contributed by atoms with E-state index in [1.54, 1.807) is 22.7 Å². The smallest absolute Gasteiger partial charge is 0.279 e. The Hall–Kier alpha value is -3.53. The second-order valence-electron chi connectivity index (χ2n) is 11.9. The number of carbonyl (C=O) groups excluding carboxylic acids is 1. The number of carbonyl (C=O) groups is 1. The van der Waals surface area contributed by atoms with Crippen LogP contribution in [0.2, 0.25) is 18.6 Å². The highest BCUT2D eigenvalue weighted by atomic mass is 28.4. The van der Waals surface area contributed by atoms with Gasteiger partial charge >= 0.3 is 0 Å². The third kappa shape index (κ3) is 6.58. The van der Waals surface area contributed by atoms with Gasteiger partial charge in [0.05, 0.1) is 41.8 Å². The lowest BCUT2D eigenvalue weighted by atomic mass is 9.95. The van der Waals surface area contributed by atoms with Crippen molar-refractivity contribution in [2.24, 2.45) is 5.92 Å². The molecule has 2 N–H and O–H groups in total. The van der Waals surface area contributed by atoms with Crippen LogP contribution in [0.1, 0.15) is 30.9 Å². The van der Waals surface area contributed by atoms with Crippen LogP contribution in [0.15, 0.2) is 83.7 Å². The number of para-hydroxylation sites is 1. The van der Waals surface area contributed by atoms with Crippen molar-refractivity contribution in [2.75, 3.05) is 13.2 Å². The number of amides is 1. The van der Waals surface area contributed by atoms with Crippen molar-refractivity contribution in [1.82, 2.24) is 14.7 Å². The zero-order valence-electron chi connectivity index (χ0n) is 24.5. The summed E-state index contributed by atoms with van der Waals surface area (Å²) < 4.78 is 23.7. The lowest BCUT2D eigenvalue weighted by Crippen LogP contribution is -2.40. The molecule has 0 unspecified atom stereocenters. The Morgan fingerprint density at radius 3 is 2.45 bits per heavy atom. The molecule has 1 saturated heterocycles. The Morgan fingerprint density at radius 2 is 1.74 bits per heavy atom. The normalized spacial score (nSPS) is 20.7. The molecule has 1 aromatic heterocycles. The molecule has 0 saturated carbocycles. The van der Waals surface area contributed by atoms with Crippen molar-refractivity contribution in [2.45, 2.75) is 63.6 Å². The van der Waals surface area contributed by atoms with Gasteiger partial charge in [0.15, 0.2) is 0 Å². The zero-order chi connectivity index (χ0) is 29.9. The van der Waals surface area contributed by atoms with Crippen LogP contribution in [0.4, 0.5) is 4.11 Å². The van der Waals surface area contributed by atoms with Gasteiger partial charge in [-0.05, 0) is 67.2 Å². The lowest BCUT2D eigenvalue weighted by molar-refractivity contribution is -0.135. The number of hydrogen-bond acceptors (Lipinski definition) is 4. The summed E-state index contributed by atoms with van der Waals surface area (Å²) in [6.45, 7) is 5.92. The summed E-state index contributed by atoms with van der Waals surface area (Å²) >= 11 is 0. The minimum atomic E-state index is -3.16. The van der Waals surface area contributed by atoms with Crippen LogP contribution in [0, 0.1) is 5.92 Å². The number of aromatic amines is 1. The Morgan fingerprint density at radius 1 is 1.02 bits per heavy atom. The Labute approximate surface area is 247 Å². The highest BCUT2D eigenvalue weighted by molar-refractivity contribution is 6.72. The SMILES string of the molecule is C[C@H]1[C@H]([Si](C)(C)F)[C@@H](CC(=O)N(CCO)Cc2ccccc2)O[C@H]1CCc1cccc(-n2[nH]c3ccccc3c2=O)c1. The molecule has 0 bridgehead atoms. The van der Waals surface area contributed by atoms with E-state index in [0.29, 0.717) is 24.8 Å². The quantitative estimate of drug-likeness (QED) is 0.176. The van der Waals surface area contributed by atoms with Crippen LogP contribution in [-0.4, -0.2) is 59.5 Å². The summed E-state index contributed by atoms with van der Waals surface area (Å²) in [6, 6.07) is 25.0. The molecule has 4 aromatic rings. The number of aryl methyl sites for hydroxylation is 1. The summed E-state index contributed by atoms with van der Waals surface area (Å²) in [5.74, 6) is -0.167. The number of nitrogens with zero attached hydrogens (tertiary/aromatic N) is 2. The van der Waals surface area contributed by atoms with E-state index in [9.17, 15) is 14.7 Å². The average molecular weight is 590 g/mol. The molecular weight excluding hydrogens is 549 g/mol. The molecule has 222 valence electrons. The minimum Gasteiger partial charge on any atom is -0.395 e. The maximum atomic E-state index is 15.7. The topological polar surface area (TPSA) is 87.6 Å². The van der Waals surface area contributed by atoms with Crippen molar-refractivity contribution < 1.29 is 18.7 Å². The molecule has 0 spiro atoms. The summed E-state index contributed by atoms with van der Waals surface area (Å²) in [5, 5.41) is 13.4. The molecule has 4 atom stereocenters. The average Bonchev–Trinajstić information content (AvgIpc) is 3.48. The van der Waals surface area contributed by atoms with E-state index in [1.165, 1.54) is 0 Å². The first-order valence-corrected chi connectivity index (χ1v) is 17.7. The monoisotopic (exact) mass is 589 g/mol. The summed E-state index contributed by atoms with van der Waals surface area (Å²) in [5.41, 5.74) is 3.17. The van der Waals surface area contributed by atoms with E-state index in [-0.39, 0.29) is 48.6 Å². The molecular formula is C33H40FN3O4Si. The van der Waals surface area contributed by atoms with E-state index in [0.717, 1.165) is 22.3 Å². The van der Waals surface area contributed by atoms with Crippen LogP contribution >= 0.6 is 0 Å². The Kier molecular flexibility index (Phi) is 9.10. The van der Waals surface area contributed by atoms with Gasteiger partial charge in [-0.1, -0.05) is 61.5 Å². The molecule has 0 aliphatic carbocycles. The number of aliphatic hydroxyl groups excluding tert-OH is 1. The molecule has 1 fully saturated rings. The predicted molar refractivity (Wildman–Crippen MR) is 166 cm³/mol. The van der Waals surface area contributed by atoms with Gasteiger partial charge in [-0.2, -0.15) is 0 Å². The van der Waals surface area contributed by atoms with Crippen LogP contribution in [-0.2, 0) is 22.5 Å². The van der Waals surface area contributed by atoms with Gasteiger partial charge in [-0.25, -0.2) is 4.68 Å². The van der Waals surface area contributed by atoms with E-state index >= 15 is 4.11 Å². The first kappa shape index (κ1) is 29.9. The molecule has 2 heterocycles. The first-order chi connectivity index (χ1) is 20.2. The van der Waals surface area contributed by atoms with Crippen molar-refractivity contribution in [3.05, 3.63) is 100 Å². The summed E-state index contributed by atoms with van der Waals surface area (Å²) in [6.07, 6.45) is 0.789. The Balaban J connectivity index is 1.28. The molecule has 1 amide bonds. The van der Waals surface area contributed by atoms with Crippen LogP contribution in [0.25, 0.3) is 16.6 Å². The third-order valence-corrected chi connectivity index (χ3v) is 11.0. The molecule has 5 rings (SSSR count). The van der Waals surface area contributed by atoms with Gasteiger partial charge in [0.2, 0.25) is 14.3 Å². The summed E-state index contributed by atoms with van der Waals surface area (Å²) in [4.78, 5) is 28.0. The van der Waals surface area contributed by atoms with Crippen LogP contribution in [0.5, 0.6) is 0 Å². The lowest BCUT2D eigenvalue weighted by Gasteiger charge is -2.30. The molecule has 1 aliphatic heterocycles. The Bertz CT molecular complexity index is 1560. The van der Waals surface area contributed by atoms with Crippen LogP contribution in [0.3, 0.4) is 0 Å². The predicted octanol–water partition coefficient (Wildman–Crippen LogP) is 5.61. The largest absolute Gasteiger partial charge is 0.395 e. The van der Waals surface area contributed by atoms with Crippen molar-refractivity contribution in [1.29, 1.82) is 0 Å². The van der Waals surface area contributed by atoms with Crippen molar-refractivity contribution in [3.63, 3.8) is 0 Å². The molecule has 0 radical (unpaired) electrons. The van der Waals surface area contributed by atoms with Gasteiger partial charge in [0, 0.05) is 18.6 Å². The number of H-pyrrole nitrogens is 1. The van der Waals surface area contributed by atoms with Gasteiger partial charge in [0.25, 0.3) is 5.56 Å². The second kappa shape index (κ2) is 12.8. The fraction of sp³-hybridized carbons (Fsp3) is 0.394. The highest BCUT2D eigenvalue weighted by Crippen LogP contribution is 2.47. The van der Waals surface area contributed by atoms with Gasteiger partial charge < -0.3 is 18.9 Å². The molecule has 42 heavy (non-hydrogen) atoms. The fourth-order valence-electron chi connectivity index (χ4n) is 6.49. The number of rotatable bonds is 11. The van der Waals surface area contributed by atoms with Gasteiger partial charge in [-0.15, -0.1) is 0 Å². The third-order valence-electron chi connectivity index (χ3n) is 8.49. The van der Waals surface area contributed by atoms with E-state index in [2.05, 4.69) is 5.10 Å². The maximum absolute atomic E-state index is 15.7. The second-order valence-corrected chi connectivity index (χ2v) is 15.7. The van der Waals surface area contributed by atoms with Gasteiger partial charge in [0.1, 0.15) is 0 Å². The maximum Gasteiger partial charge on any atom is 0.279 e. The minimum absolute atomic E-state index is 0.0330. The van der Waals surface area contributed by atoms with Crippen LogP contribution < -0.4 is 5.56 Å². The molecule has 3 aromatic carbocycles. The van der Waals surface area contributed by atoms with Gasteiger partial charge in [-0.3, -0.25) is 14.7 Å².